The lowest BCUT2D eigenvalue weighted by molar-refractivity contribution is -0.121. The smallest absolute Gasteiger partial charge is 0.245 e. The quantitative estimate of drug-likeness (QED) is 0.835. The van der Waals surface area contributed by atoms with Crippen LogP contribution in [0.4, 0.5) is 5.69 Å². The largest absolute Gasteiger partial charge is 0.497 e. The maximum Gasteiger partial charge on any atom is 0.245 e. The normalized spacial score (nSPS) is 22.0. The Morgan fingerprint density at radius 3 is 2.74 bits per heavy atom. The van der Waals surface area contributed by atoms with Gasteiger partial charge in [0.1, 0.15) is 11.8 Å². The maximum atomic E-state index is 13.0. The minimum Gasteiger partial charge on any atom is -0.497 e. The molecule has 0 N–H and O–H groups in total. The van der Waals surface area contributed by atoms with E-state index >= 15 is 0 Å². The molecule has 1 aromatic carbocycles. The van der Waals surface area contributed by atoms with Crippen LogP contribution in [0.15, 0.2) is 18.2 Å². The summed E-state index contributed by atoms with van der Waals surface area (Å²) in [5.74, 6) is 0.663. The summed E-state index contributed by atoms with van der Waals surface area (Å²) in [7, 11) is -1.74. The van der Waals surface area contributed by atoms with E-state index in [0.717, 1.165) is 36.3 Å². The van der Waals surface area contributed by atoms with Crippen molar-refractivity contribution in [1.29, 1.82) is 0 Å². The van der Waals surface area contributed by atoms with Crippen LogP contribution in [0.25, 0.3) is 0 Å². The van der Waals surface area contributed by atoms with Gasteiger partial charge in [0.05, 0.1) is 13.4 Å². The Labute approximate surface area is 137 Å². The first-order chi connectivity index (χ1) is 10.9. The highest BCUT2D eigenvalue weighted by atomic mass is 32.2. The third-order valence-corrected chi connectivity index (χ3v) is 5.88. The number of fused-ring (bicyclic) bond motifs is 1. The van der Waals surface area contributed by atoms with E-state index < -0.39 is 16.1 Å². The van der Waals surface area contributed by atoms with Gasteiger partial charge in [-0.05, 0) is 49.4 Å². The minimum absolute atomic E-state index is 0.112. The molecule has 0 spiro atoms. The molecule has 7 heteroatoms. The summed E-state index contributed by atoms with van der Waals surface area (Å²) in [6, 6.07) is 5.12. The van der Waals surface area contributed by atoms with E-state index in [2.05, 4.69) is 0 Å². The summed E-state index contributed by atoms with van der Waals surface area (Å²) < 4.78 is 30.4. The van der Waals surface area contributed by atoms with Crippen LogP contribution in [0.1, 0.15) is 24.8 Å². The second kappa shape index (κ2) is 6.13. The first kappa shape index (κ1) is 16.3. The number of anilines is 1. The lowest BCUT2D eigenvalue weighted by Crippen LogP contribution is -2.49. The van der Waals surface area contributed by atoms with Gasteiger partial charge >= 0.3 is 0 Å². The van der Waals surface area contributed by atoms with E-state index in [1.165, 1.54) is 10.6 Å². The number of nitrogens with zero attached hydrogens (tertiary/aromatic N) is 2. The molecule has 1 aromatic rings. The van der Waals surface area contributed by atoms with Gasteiger partial charge < -0.3 is 9.64 Å². The monoisotopic (exact) mass is 338 g/mol. The third-order valence-electron chi connectivity index (χ3n) is 4.59. The van der Waals surface area contributed by atoms with E-state index in [9.17, 15) is 13.2 Å². The molecule has 2 aliphatic heterocycles. The highest BCUT2D eigenvalue weighted by Gasteiger charge is 2.39. The molecule has 6 nitrogen and oxygen atoms in total. The molecule has 3 rings (SSSR count). The Morgan fingerprint density at radius 2 is 2.04 bits per heavy atom. The number of rotatable bonds is 3. The number of ether oxygens (including phenoxy) is 1. The second-order valence-corrected chi connectivity index (χ2v) is 8.05. The zero-order chi connectivity index (χ0) is 16.6. The van der Waals surface area contributed by atoms with Crippen molar-refractivity contribution < 1.29 is 17.9 Å². The molecule has 1 unspecified atom stereocenters. The third kappa shape index (κ3) is 3.07. The molecule has 1 atom stereocenters. The molecular formula is C16H22N2O4S. The molecule has 0 bridgehead atoms. The molecule has 2 heterocycles. The number of hydrogen-bond acceptors (Lipinski definition) is 4. The summed E-state index contributed by atoms with van der Waals surface area (Å²) >= 11 is 0. The highest BCUT2D eigenvalue weighted by molar-refractivity contribution is 7.88. The van der Waals surface area contributed by atoms with Crippen LogP contribution >= 0.6 is 0 Å². The van der Waals surface area contributed by atoms with Crippen molar-refractivity contribution in [2.45, 2.75) is 31.7 Å². The van der Waals surface area contributed by atoms with Crippen molar-refractivity contribution >= 4 is 21.6 Å². The zero-order valence-corrected chi connectivity index (χ0v) is 14.3. The van der Waals surface area contributed by atoms with Gasteiger partial charge in [0, 0.05) is 18.8 Å². The first-order valence-corrected chi connectivity index (χ1v) is 9.72. The minimum atomic E-state index is -3.36. The van der Waals surface area contributed by atoms with Crippen LogP contribution < -0.4 is 9.64 Å². The molecule has 0 saturated carbocycles. The van der Waals surface area contributed by atoms with Crippen molar-refractivity contribution in [1.82, 2.24) is 4.31 Å². The number of sulfonamides is 1. The zero-order valence-electron chi connectivity index (χ0n) is 13.5. The average Bonchev–Trinajstić information content (AvgIpc) is 3.03. The predicted molar refractivity (Wildman–Crippen MR) is 88.2 cm³/mol. The molecule has 1 saturated heterocycles. The van der Waals surface area contributed by atoms with Gasteiger partial charge in [0.15, 0.2) is 0 Å². The summed E-state index contributed by atoms with van der Waals surface area (Å²) in [6.45, 7) is 1.06. The summed E-state index contributed by atoms with van der Waals surface area (Å²) in [4.78, 5) is 14.7. The van der Waals surface area contributed by atoms with Gasteiger partial charge in [0.2, 0.25) is 15.9 Å². The number of aryl methyl sites for hydroxylation is 1. The molecule has 126 valence electrons. The Bertz CT molecular complexity index is 717. The van der Waals surface area contributed by atoms with Crippen LogP contribution in [-0.4, -0.2) is 51.1 Å². The summed E-state index contributed by atoms with van der Waals surface area (Å²) in [5, 5.41) is 0. The number of carbonyl (C=O) groups excluding carboxylic acids is 1. The van der Waals surface area contributed by atoms with Gasteiger partial charge in [0.25, 0.3) is 0 Å². The Balaban J connectivity index is 1.90. The molecule has 2 aliphatic rings. The Morgan fingerprint density at radius 1 is 1.26 bits per heavy atom. The van der Waals surface area contributed by atoms with Gasteiger partial charge in [-0.2, -0.15) is 4.31 Å². The fraction of sp³-hybridized carbons (Fsp3) is 0.562. The van der Waals surface area contributed by atoms with E-state index in [1.54, 1.807) is 12.0 Å². The fourth-order valence-electron chi connectivity index (χ4n) is 3.49. The van der Waals surface area contributed by atoms with Gasteiger partial charge in [-0.15, -0.1) is 0 Å². The van der Waals surface area contributed by atoms with Crippen molar-refractivity contribution in [3.05, 3.63) is 23.8 Å². The van der Waals surface area contributed by atoms with Crippen molar-refractivity contribution in [3.63, 3.8) is 0 Å². The van der Waals surface area contributed by atoms with E-state index in [1.807, 2.05) is 18.2 Å². The Hall–Kier alpha value is -1.60. The number of methoxy groups -OCH3 is 1. The number of carbonyl (C=O) groups is 1. The van der Waals surface area contributed by atoms with Crippen molar-refractivity contribution in [2.24, 2.45) is 0 Å². The second-order valence-electron chi connectivity index (χ2n) is 6.12. The molecule has 1 amide bonds. The highest BCUT2D eigenvalue weighted by Crippen LogP contribution is 2.33. The van der Waals surface area contributed by atoms with E-state index in [-0.39, 0.29) is 5.91 Å². The molecule has 1 fully saturated rings. The van der Waals surface area contributed by atoms with Crippen molar-refractivity contribution in [2.75, 3.05) is 31.4 Å². The molecule has 0 radical (unpaired) electrons. The maximum absolute atomic E-state index is 13.0. The van der Waals surface area contributed by atoms with Gasteiger partial charge in [-0.3, -0.25) is 4.79 Å². The van der Waals surface area contributed by atoms with E-state index in [4.69, 9.17) is 4.74 Å². The predicted octanol–water partition coefficient (Wildman–Crippen LogP) is 1.40. The fourth-order valence-corrected chi connectivity index (χ4v) is 4.61. The van der Waals surface area contributed by atoms with E-state index in [0.29, 0.717) is 19.5 Å². The molecule has 0 aliphatic carbocycles. The topological polar surface area (TPSA) is 66.9 Å². The van der Waals surface area contributed by atoms with Crippen LogP contribution in [0.2, 0.25) is 0 Å². The lowest BCUT2D eigenvalue weighted by atomic mass is 10.00. The molecular weight excluding hydrogens is 316 g/mol. The van der Waals surface area contributed by atoms with Crippen LogP contribution in [-0.2, 0) is 21.2 Å². The number of benzene rings is 1. The van der Waals surface area contributed by atoms with Crippen molar-refractivity contribution in [3.8, 4) is 5.75 Å². The lowest BCUT2D eigenvalue weighted by Gasteiger charge is -2.33. The van der Waals surface area contributed by atoms with Crippen LogP contribution in [0.5, 0.6) is 5.75 Å². The SMILES string of the molecule is COc1ccc2c(c1)CCCN2C(=O)C1CCCN1S(C)(=O)=O. The molecule has 23 heavy (non-hydrogen) atoms. The average molecular weight is 338 g/mol. The molecule has 0 aromatic heterocycles. The van der Waals surface area contributed by atoms with Crippen LogP contribution in [0.3, 0.4) is 0 Å². The summed E-state index contributed by atoms with van der Waals surface area (Å²) in [5.41, 5.74) is 1.95. The number of hydrogen-bond donors (Lipinski definition) is 0. The van der Waals surface area contributed by atoms with Gasteiger partial charge in [-0.25, -0.2) is 8.42 Å². The number of amides is 1. The van der Waals surface area contributed by atoms with Crippen LogP contribution in [0, 0.1) is 0 Å². The summed E-state index contributed by atoms with van der Waals surface area (Å²) in [6.07, 6.45) is 4.27. The first-order valence-electron chi connectivity index (χ1n) is 7.87. The van der Waals surface area contributed by atoms with Gasteiger partial charge in [-0.1, -0.05) is 0 Å². The standard InChI is InChI=1S/C16H22N2O4S/c1-22-13-7-8-14-12(11-13)5-3-9-17(14)16(19)15-6-4-10-18(15)23(2,20)21/h7-8,11,15H,3-6,9-10H2,1-2H3. The Kier molecular flexibility index (Phi) is 4.33.